The molecule has 1 fully saturated rings. The largest absolute Gasteiger partial charge is 0.454 e. The molecule has 0 bridgehead atoms. The monoisotopic (exact) mass is 318 g/mol. The SMILES string of the molecule is CC(C)(C)CCN1CCN(C(=O)c2ccc3c(c2)OCO3)CC1. The number of nitrogens with zero attached hydrogens (tertiary/aromatic N) is 2. The van der Waals surface area contributed by atoms with E-state index in [9.17, 15) is 4.79 Å². The molecule has 2 aliphatic rings. The zero-order chi connectivity index (χ0) is 16.4. The number of hydrogen-bond acceptors (Lipinski definition) is 4. The lowest BCUT2D eigenvalue weighted by Gasteiger charge is -2.36. The Morgan fingerprint density at radius 2 is 1.78 bits per heavy atom. The molecule has 0 N–H and O–H groups in total. The molecule has 0 spiro atoms. The summed E-state index contributed by atoms with van der Waals surface area (Å²) in [6, 6.07) is 5.42. The molecular weight excluding hydrogens is 292 g/mol. The van der Waals surface area contributed by atoms with Crippen LogP contribution < -0.4 is 9.47 Å². The van der Waals surface area contributed by atoms with Crippen LogP contribution in [0.2, 0.25) is 0 Å². The van der Waals surface area contributed by atoms with Gasteiger partial charge in [-0.1, -0.05) is 20.8 Å². The average molecular weight is 318 g/mol. The summed E-state index contributed by atoms with van der Waals surface area (Å²) in [5, 5.41) is 0. The number of fused-ring (bicyclic) bond motifs is 1. The van der Waals surface area contributed by atoms with Gasteiger partial charge in [-0.3, -0.25) is 9.69 Å². The minimum atomic E-state index is 0.0822. The van der Waals surface area contributed by atoms with Crippen LogP contribution in [0.3, 0.4) is 0 Å². The predicted molar refractivity (Wildman–Crippen MR) is 89.0 cm³/mol. The van der Waals surface area contributed by atoms with E-state index in [2.05, 4.69) is 25.7 Å². The van der Waals surface area contributed by atoms with E-state index in [0.717, 1.165) is 32.7 Å². The van der Waals surface area contributed by atoms with Crippen molar-refractivity contribution in [3.05, 3.63) is 23.8 Å². The van der Waals surface area contributed by atoms with E-state index in [-0.39, 0.29) is 12.7 Å². The summed E-state index contributed by atoms with van der Waals surface area (Å²) in [6.45, 7) is 11.6. The Labute approximate surface area is 138 Å². The van der Waals surface area contributed by atoms with Crippen LogP contribution in [-0.2, 0) is 0 Å². The fourth-order valence-corrected chi connectivity index (χ4v) is 2.88. The first-order valence-electron chi connectivity index (χ1n) is 8.34. The topological polar surface area (TPSA) is 42.0 Å². The van der Waals surface area contributed by atoms with Gasteiger partial charge in [0.15, 0.2) is 11.5 Å². The zero-order valence-corrected chi connectivity index (χ0v) is 14.3. The number of rotatable bonds is 3. The number of benzene rings is 1. The Morgan fingerprint density at radius 3 is 2.48 bits per heavy atom. The highest BCUT2D eigenvalue weighted by molar-refractivity contribution is 5.95. The van der Waals surface area contributed by atoms with Crippen molar-refractivity contribution in [1.29, 1.82) is 0 Å². The minimum Gasteiger partial charge on any atom is -0.454 e. The van der Waals surface area contributed by atoms with Crippen LogP contribution in [0.5, 0.6) is 11.5 Å². The maximum atomic E-state index is 12.6. The quantitative estimate of drug-likeness (QED) is 0.859. The third kappa shape index (κ3) is 3.96. The summed E-state index contributed by atoms with van der Waals surface area (Å²) in [5.41, 5.74) is 1.04. The van der Waals surface area contributed by atoms with Crippen LogP contribution in [0.1, 0.15) is 37.6 Å². The lowest BCUT2D eigenvalue weighted by molar-refractivity contribution is 0.0623. The second-order valence-corrected chi connectivity index (χ2v) is 7.51. The van der Waals surface area contributed by atoms with Crippen molar-refractivity contribution in [2.45, 2.75) is 27.2 Å². The highest BCUT2D eigenvalue weighted by Gasteiger charge is 2.24. The van der Waals surface area contributed by atoms with Crippen molar-refractivity contribution in [3.8, 4) is 11.5 Å². The number of carbonyl (C=O) groups is 1. The van der Waals surface area contributed by atoms with Gasteiger partial charge in [0.25, 0.3) is 5.91 Å². The number of carbonyl (C=O) groups excluding carboxylic acids is 1. The van der Waals surface area contributed by atoms with E-state index < -0.39 is 0 Å². The van der Waals surface area contributed by atoms with E-state index in [1.807, 2.05) is 17.0 Å². The highest BCUT2D eigenvalue weighted by atomic mass is 16.7. The number of hydrogen-bond donors (Lipinski definition) is 0. The van der Waals surface area contributed by atoms with E-state index in [0.29, 0.717) is 22.5 Å². The van der Waals surface area contributed by atoms with E-state index in [1.54, 1.807) is 6.07 Å². The fourth-order valence-electron chi connectivity index (χ4n) is 2.88. The third-order valence-corrected chi connectivity index (χ3v) is 4.46. The summed E-state index contributed by atoms with van der Waals surface area (Å²) < 4.78 is 10.6. The fraction of sp³-hybridized carbons (Fsp3) is 0.611. The standard InChI is InChI=1S/C18H26N2O3/c1-18(2,3)6-7-19-8-10-20(11-9-19)17(21)14-4-5-15-16(12-14)23-13-22-15/h4-5,12H,6-11,13H2,1-3H3. The Balaban J connectivity index is 1.54. The smallest absolute Gasteiger partial charge is 0.254 e. The van der Waals surface area contributed by atoms with E-state index in [1.165, 1.54) is 6.42 Å². The van der Waals surface area contributed by atoms with Crippen molar-refractivity contribution in [1.82, 2.24) is 9.80 Å². The highest BCUT2D eigenvalue weighted by Crippen LogP contribution is 2.32. The van der Waals surface area contributed by atoms with Gasteiger partial charge in [0, 0.05) is 31.7 Å². The Kier molecular flexibility index (Phi) is 4.48. The Bertz CT molecular complexity index is 572. The van der Waals surface area contributed by atoms with Gasteiger partial charge in [-0.2, -0.15) is 0 Å². The lowest BCUT2D eigenvalue weighted by Crippen LogP contribution is -2.49. The summed E-state index contributed by atoms with van der Waals surface area (Å²) in [7, 11) is 0. The molecule has 0 aromatic heterocycles. The van der Waals surface area contributed by atoms with Crippen LogP contribution in [0, 0.1) is 5.41 Å². The second-order valence-electron chi connectivity index (χ2n) is 7.51. The van der Waals surface area contributed by atoms with Crippen LogP contribution in [0.25, 0.3) is 0 Å². The molecule has 0 atom stereocenters. The molecule has 2 aliphatic heterocycles. The molecule has 0 saturated carbocycles. The van der Waals surface area contributed by atoms with Gasteiger partial charge in [-0.05, 0) is 36.6 Å². The molecule has 0 unspecified atom stereocenters. The molecule has 0 aliphatic carbocycles. The molecule has 0 radical (unpaired) electrons. The number of ether oxygens (including phenoxy) is 2. The van der Waals surface area contributed by atoms with Crippen molar-refractivity contribution in [2.24, 2.45) is 5.41 Å². The molecule has 23 heavy (non-hydrogen) atoms. The van der Waals surface area contributed by atoms with Crippen LogP contribution in [0.15, 0.2) is 18.2 Å². The van der Waals surface area contributed by atoms with Gasteiger partial charge in [0.1, 0.15) is 0 Å². The first-order valence-corrected chi connectivity index (χ1v) is 8.34. The van der Waals surface area contributed by atoms with E-state index in [4.69, 9.17) is 9.47 Å². The van der Waals surface area contributed by atoms with E-state index >= 15 is 0 Å². The molecule has 5 heteroatoms. The lowest BCUT2D eigenvalue weighted by atomic mass is 9.92. The van der Waals surface area contributed by atoms with Gasteiger partial charge < -0.3 is 14.4 Å². The molecule has 1 aromatic carbocycles. The molecule has 5 nitrogen and oxygen atoms in total. The first kappa shape index (κ1) is 16.1. The maximum Gasteiger partial charge on any atom is 0.254 e. The third-order valence-electron chi connectivity index (χ3n) is 4.46. The summed E-state index contributed by atoms with van der Waals surface area (Å²) in [5.74, 6) is 1.46. The van der Waals surface area contributed by atoms with Crippen LogP contribution >= 0.6 is 0 Å². The van der Waals surface area contributed by atoms with Crippen LogP contribution in [0.4, 0.5) is 0 Å². The molecule has 1 aromatic rings. The molecule has 3 rings (SSSR count). The summed E-state index contributed by atoms with van der Waals surface area (Å²) in [6.07, 6.45) is 1.18. The normalized spacial score (nSPS) is 18.3. The molecule has 1 amide bonds. The second kappa shape index (κ2) is 6.40. The minimum absolute atomic E-state index is 0.0822. The molecule has 2 heterocycles. The first-order chi connectivity index (χ1) is 10.9. The van der Waals surface area contributed by atoms with Gasteiger partial charge in [-0.25, -0.2) is 0 Å². The molecular formula is C18H26N2O3. The van der Waals surface area contributed by atoms with Crippen molar-refractivity contribution >= 4 is 5.91 Å². The number of piperazine rings is 1. The Hall–Kier alpha value is -1.75. The van der Waals surface area contributed by atoms with Gasteiger partial charge in [0.05, 0.1) is 0 Å². The van der Waals surface area contributed by atoms with Gasteiger partial charge in [0.2, 0.25) is 6.79 Å². The maximum absolute atomic E-state index is 12.6. The van der Waals surface area contributed by atoms with Crippen molar-refractivity contribution < 1.29 is 14.3 Å². The van der Waals surface area contributed by atoms with Gasteiger partial charge >= 0.3 is 0 Å². The van der Waals surface area contributed by atoms with Gasteiger partial charge in [-0.15, -0.1) is 0 Å². The summed E-state index contributed by atoms with van der Waals surface area (Å²) in [4.78, 5) is 17.0. The summed E-state index contributed by atoms with van der Waals surface area (Å²) >= 11 is 0. The zero-order valence-electron chi connectivity index (χ0n) is 14.3. The predicted octanol–water partition coefficient (Wildman–Crippen LogP) is 2.61. The average Bonchev–Trinajstić information content (AvgIpc) is 2.99. The van der Waals surface area contributed by atoms with Crippen LogP contribution in [-0.4, -0.2) is 55.2 Å². The molecule has 1 saturated heterocycles. The number of amides is 1. The Morgan fingerprint density at radius 1 is 1.09 bits per heavy atom. The van der Waals surface area contributed by atoms with Crippen molar-refractivity contribution in [2.75, 3.05) is 39.5 Å². The molecule has 126 valence electrons. The van der Waals surface area contributed by atoms with Crippen molar-refractivity contribution in [3.63, 3.8) is 0 Å².